The van der Waals surface area contributed by atoms with Crippen LogP contribution in [0.25, 0.3) is 10.4 Å². The number of hydrogen-bond acceptors (Lipinski definition) is 5. The fraction of sp³-hybridized carbons (Fsp3) is 0.300. The Labute approximate surface area is 103 Å². The van der Waals surface area contributed by atoms with Crippen molar-refractivity contribution in [1.29, 1.82) is 0 Å². The molecule has 2 atom stereocenters. The van der Waals surface area contributed by atoms with E-state index >= 15 is 0 Å². The van der Waals surface area contributed by atoms with E-state index in [1.165, 1.54) is 24.3 Å². The van der Waals surface area contributed by atoms with Crippen LogP contribution < -0.4 is 11.3 Å². The normalized spacial score (nSPS) is 13.3. The average Bonchev–Trinajstić information content (AvgIpc) is 2.43. The van der Waals surface area contributed by atoms with Gasteiger partial charge in [0.2, 0.25) is 0 Å². The van der Waals surface area contributed by atoms with Gasteiger partial charge in [-0.2, -0.15) is 0 Å². The van der Waals surface area contributed by atoms with Crippen LogP contribution in [0.4, 0.5) is 0 Å². The van der Waals surface area contributed by atoms with Crippen molar-refractivity contribution in [1.82, 2.24) is 5.43 Å². The summed E-state index contributed by atoms with van der Waals surface area (Å²) in [6.07, 6.45) is -2.39. The molecule has 0 aliphatic heterocycles. The smallest absolute Gasteiger partial charge is 0.265 e. The van der Waals surface area contributed by atoms with Crippen LogP contribution in [0.3, 0.4) is 0 Å². The number of nitrogens with one attached hydrogen (secondary N) is 1. The Hall–Kier alpha value is -2.12. The number of carbonyl (C=O) groups excluding carboxylic acids is 1. The molecule has 1 rings (SSSR count). The molecule has 0 heterocycles. The average molecular weight is 251 g/mol. The predicted octanol–water partition coefficient (Wildman–Crippen LogP) is -0.00530. The molecule has 0 aliphatic carbocycles. The van der Waals surface area contributed by atoms with Crippen LogP contribution in [-0.2, 0) is 0 Å². The molecule has 0 saturated heterocycles. The first-order chi connectivity index (χ1) is 8.60. The quantitative estimate of drug-likeness (QED) is 0.146. The fourth-order valence-electron chi connectivity index (χ4n) is 1.36. The number of hydrogen-bond donors (Lipinski definition) is 4. The Morgan fingerprint density at radius 2 is 2.06 bits per heavy atom. The molecular formula is C10H13N5O3. The highest BCUT2D eigenvalue weighted by Crippen LogP contribution is 2.17. The first-order valence-corrected chi connectivity index (χ1v) is 5.08. The number of carbonyl (C=O) groups is 1. The van der Waals surface area contributed by atoms with Gasteiger partial charge in [-0.05, 0) is 23.2 Å². The van der Waals surface area contributed by atoms with Crippen LogP contribution in [-0.4, -0.2) is 28.8 Å². The van der Waals surface area contributed by atoms with E-state index in [1.54, 1.807) is 0 Å². The van der Waals surface area contributed by atoms with Crippen molar-refractivity contribution in [2.75, 3.05) is 6.54 Å². The van der Waals surface area contributed by atoms with Gasteiger partial charge in [-0.15, -0.1) is 0 Å². The SMILES string of the molecule is [N-]=[N+]=NCC(O)C(O)c1ccc(C(=O)NN)cc1. The second-order valence-corrected chi connectivity index (χ2v) is 3.52. The predicted molar refractivity (Wildman–Crippen MR) is 63.1 cm³/mol. The van der Waals surface area contributed by atoms with E-state index < -0.39 is 18.1 Å². The molecule has 96 valence electrons. The summed E-state index contributed by atoms with van der Waals surface area (Å²) in [6.45, 7) is -0.233. The van der Waals surface area contributed by atoms with Crippen molar-refractivity contribution in [2.45, 2.75) is 12.2 Å². The lowest BCUT2D eigenvalue weighted by Gasteiger charge is -2.16. The van der Waals surface area contributed by atoms with Gasteiger partial charge in [0.05, 0.1) is 12.6 Å². The summed E-state index contributed by atoms with van der Waals surface area (Å²) in [5, 5.41) is 22.4. The minimum absolute atomic E-state index is 0.233. The van der Waals surface area contributed by atoms with Gasteiger partial charge in [-0.3, -0.25) is 10.2 Å². The molecule has 1 amide bonds. The summed E-state index contributed by atoms with van der Waals surface area (Å²) in [5.74, 6) is 4.52. The Morgan fingerprint density at radius 3 is 2.56 bits per heavy atom. The van der Waals surface area contributed by atoms with Crippen LogP contribution in [0, 0.1) is 0 Å². The van der Waals surface area contributed by atoms with E-state index in [-0.39, 0.29) is 6.54 Å². The topological polar surface area (TPSA) is 144 Å². The Balaban J connectivity index is 2.78. The number of nitrogens with zero attached hydrogens (tertiary/aromatic N) is 3. The van der Waals surface area contributed by atoms with Gasteiger partial charge in [-0.25, -0.2) is 5.84 Å². The standard InChI is InChI=1S/C10H13N5O3/c11-14-10(18)7-3-1-6(2-4-7)9(17)8(16)5-13-15-12/h1-4,8-9,16-17H,5,11H2,(H,14,18). The highest BCUT2D eigenvalue weighted by Gasteiger charge is 2.17. The molecule has 0 aromatic heterocycles. The second kappa shape index (κ2) is 6.58. The Morgan fingerprint density at radius 1 is 1.44 bits per heavy atom. The van der Waals surface area contributed by atoms with E-state index in [4.69, 9.17) is 11.4 Å². The summed E-state index contributed by atoms with van der Waals surface area (Å²) < 4.78 is 0. The number of amides is 1. The molecule has 8 nitrogen and oxygen atoms in total. The van der Waals surface area contributed by atoms with E-state index in [9.17, 15) is 15.0 Å². The summed E-state index contributed by atoms with van der Waals surface area (Å²) >= 11 is 0. The summed E-state index contributed by atoms with van der Waals surface area (Å²) in [5.41, 5.74) is 10.8. The van der Waals surface area contributed by atoms with Gasteiger partial charge in [0.15, 0.2) is 0 Å². The number of hydrazine groups is 1. The van der Waals surface area contributed by atoms with Crippen LogP contribution in [0.15, 0.2) is 29.4 Å². The maximum Gasteiger partial charge on any atom is 0.265 e. The van der Waals surface area contributed by atoms with Gasteiger partial charge < -0.3 is 10.2 Å². The molecule has 0 fully saturated rings. The number of aliphatic hydroxyl groups excluding tert-OH is 2. The minimum Gasteiger partial charge on any atom is -0.390 e. The molecular weight excluding hydrogens is 238 g/mol. The first-order valence-electron chi connectivity index (χ1n) is 5.08. The molecule has 5 N–H and O–H groups in total. The molecule has 1 aromatic carbocycles. The molecule has 0 bridgehead atoms. The Kier molecular flexibility index (Phi) is 5.09. The lowest BCUT2D eigenvalue weighted by molar-refractivity contribution is 0.0244. The number of aliphatic hydroxyl groups is 2. The third-order valence-corrected chi connectivity index (χ3v) is 2.34. The van der Waals surface area contributed by atoms with Crippen LogP contribution in [0.2, 0.25) is 0 Å². The Bertz CT molecular complexity index is 455. The van der Waals surface area contributed by atoms with Gasteiger partial charge in [-0.1, -0.05) is 17.2 Å². The number of rotatable bonds is 5. The zero-order chi connectivity index (χ0) is 13.5. The molecule has 0 aliphatic rings. The van der Waals surface area contributed by atoms with Crippen LogP contribution >= 0.6 is 0 Å². The van der Waals surface area contributed by atoms with Crippen molar-refractivity contribution in [3.63, 3.8) is 0 Å². The van der Waals surface area contributed by atoms with Gasteiger partial charge >= 0.3 is 0 Å². The second-order valence-electron chi connectivity index (χ2n) is 3.52. The van der Waals surface area contributed by atoms with Crippen molar-refractivity contribution in [3.8, 4) is 0 Å². The monoisotopic (exact) mass is 251 g/mol. The van der Waals surface area contributed by atoms with E-state index in [0.717, 1.165) is 0 Å². The summed E-state index contributed by atoms with van der Waals surface area (Å²) in [6, 6.07) is 5.88. The van der Waals surface area contributed by atoms with E-state index in [1.807, 2.05) is 5.43 Å². The van der Waals surface area contributed by atoms with Crippen LogP contribution in [0.5, 0.6) is 0 Å². The molecule has 8 heteroatoms. The summed E-state index contributed by atoms with van der Waals surface area (Å²) in [7, 11) is 0. The third kappa shape index (κ3) is 3.44. The van der Waals surface area contributed by atoms with Gasteiger partial charge in [0.1, 0.15) is 6.10 Å². The van der Waals surface area contributed by atoms with Crippen LogP contribution in [0.1, 0.15) is 22.0 Å². The molecule has 2 unspecified atom stereocenters. The largest absolute Gasteiger partial charge is 0.390 e. The van der Waals surface area contributed by atoms with Crippen molar-refractivity contribution >= 4 is 5.91 Å². The fourth-order valence-corrected chi connectivity index (χ4v) is 1.36. The van der Waals surface area contributed by atoms with Crippen molar-refractivity contribution in [3.05, 3.63) is 45.8 Å². The number of nitrogens with two attached hydrogens (primary N) is 1. The number of nitrogen functional groups attached to an aromatic ring is 1. The summed E-state index contributed by atoms with van der Waals surface area (Å²) in [4.78, 5) is 13.7. The lowest BCUT2D eigenvalue weighted by atomic mass is 10.0. The number of benzene rings is 1. The zero-order valence-corrected chi connectivity index (χ0v) is 9.39. The zero-order valence-electron chi connectivity index (χ0n) is 9.39. The highest BCUT2D eigenvalue weighted by molar-refractivity contribution is 5.93. The first kappa shape index (κ1) is 13.9. The van der Waals surface area contributed by atoms with Crippen molar-refractivity contribution in [2.24, 2.45) is 11.0 Å². The van der Waals surface area contributed by atoms with E-state index in [0.29, 0.717) is 11.1 Å². The molecule has 0 radical (unpaired) electrons. The minimum atomic E-state index is -1.20. The van der Waals surface area contributed by atoms with Crippen molar-refractivity contribution < 1.29 is 15.0 Å². The maximum absolute atomic E-state index is 11.2. The molecule has 18 heavy (non-hydrogen) atoms. The maximum atomic E-state index is 11.2. The number of azide groups is 1. The molecule has 0 saturated carbocycles. The molecule has 1 aromatic rings. The molecule has 0 spiro atoms. The van der Waals surface area contributed by atoms with Gasteiger partial charge in [0, 0.05) is 10.5 Å². The third-order valence-electron chi connectivity index (χ3n) is 2.34. The highest BCUT2D eigenvalue weighted by atomic mass is 16.3. The lowest BCUT2D eigenvalue weighted by Crippen LogP contribution is -2.30. The van der Waals surface area contributed by atoms with Gasteiger partial charge in [0.25, 0.3) is 5.91 Å². The van der Waals surface area contributed by atoms with E-state index in [2.05, 4.69) is 10.0 Å².